The summed E-state index contributed by atoms with van der Waals surface area (Å²) in [6.07, 6.45) is 5.00. The highest BCUT2D eigenvalue weighted by Crippen LogP contribution is 2.49. The topological polar surface area (TPSA) is 21.3 Å². The first-order valence-electron chi connectivity index (χ1n) is 7.46. The zero-order valence-electron chi connectivity index (χ0n) is 12.4. The SMILES string of the molecule is CC1(C)CCC(C)(COc2ccc3c(c2)CCN3)C1. The summed E-state index contributed by atoms with van der Waals surface area (Å²) in [4.78, 5) is 0. The predicted octanol–water partition coefficient (Wildman–Crippen LogP) is 4.25. The van der Waals surface area contributed by atoms with Crippen LogP contribution in [0.1, 0.15) is 45.6 Å². The molecule has 19 heavy (non-hydrogen) atoms. The Hall–Kier alpha value is -1.18. The van der Waals surface area contributed by atoms with E-state index in [-0.39, 0.29) is 0 Å². The van der Waals surface area contributed by atoms with E-state index >= 15 is 0 Å². The molecule has 1 unspecified atom stereocenters. The van der Waals surface area contributed by atoms with Crippen molar-refractivity contribution in [2.45, 2.75) is 46.5 Å². The van der Waals surface area contributed by atoms with E-state index in [0.29, 0.717) is 10.8 Å². The van der Waals surface area contributed by atoms with Gasteiger partial charge in [0.1, 0.15) is 5.75 Å². The third kappa shape index (κ3) is 2.72. The maximum Gasteiger partial charge on any atom is 0.119 e. The van der Waals surface area contributed by atoms with Gasteiger partial charge in [-0.15, -0.1) is 0 Å². The second kappa shape index (κ2) is 4.43. The van der Waals surface area contributed by atoms with Gasteiger partial charge in [0.25, 0.3) is 0 Å². The van der Waals surface area contributed by atoms with E-state index in [4.69, 9.17) is 4.74 Å². The van der Waals surface area contributed by atoms with Gasteiger partial charge in [0.15, 0.2) is 0 Å². The average Bonchev–Trinajstić information content (AvgIpc) is 2.91. The van der Waals surface area contributed by atoms with Crippen LogP contribution in [0.2, 0.25) is 0 Å². The van der Waals surface area contributed by atoms with E-state index in [0.717, 1.165) is 25.3 Å². The van der Waals surface area contributed by atoms with E-state index < -0.39 is 0 Å². The lowest BCUT2D eigenvalue weighted by Crippen LogP contribution is -2.23. The summed E-state index contributed by atoms with van der Waals surface area (Å²) in [5.41, 5.74) is 3.51. The Bertz CT molecular complexity index is 480. The van der Waals surface area contributed by atoms with Crippen LogP contribution in [0.15, 0.2) is 18.2 Å². The van der Waals surface area contributed by atoms with Crippen LogP contribution >= 0.6 is 0 Å². The van der Waals surface area contributed by atoms with Gasteiger partial charge in [0.05, 0.1) is 6.61 Å². The van der Waals surface area contributed by atoms with Gasteiger partial charge in [-0.05, 0) is 54.9 Å². The van der Waals surface area contributed by atoms with Crippen molar-refractivity contribution in [1.29, 1.82) is 0 Å². The molecule has 0 amide bonds. The monoisotopic (exact) mass is 259 g/mol. The fourth-order valence-electron chi connectivity index (χ4n) is 3.72. The first kappa shape index (κ1) is 12.8. The average molecular weight is 259 g/mol. The molecule has 1 atom stereocenters. The molecule has 0 radical (unpaired) electrons. The summed E-state index contributed by atoms with van der Waals surface area (Å²) in [5, 5.41) is 3.39. The molecule has 1 fully saturated rings. The minimum atomic E-state index is 0.348. The zero-order chi connectivity index (χ0) is 13.5. The number of fused-ring (bicyclic) bond motifs is 1. The molecule has 1 aromatic carbocycles. The molecular formula is C17H25NO. The second-order valence-electron chi connectivity index (χ2n) is 7.44. The van der Waals surface area contributed by atoms with Crippen LogP contribution in [0.3, 0.4) is 0 Å². The molecular weight excluding hydrogens is 234 g/mol. The normalized spacial score (nSPS) is 27.9. The molecule has 1 aliphatic carbocycles. The van der Waals surface area contributed by atoms with Crippen molar-refractivity contribution < 1.29 is 4.74 Å². The van der Waals surface area contributed by atoms with Crippen LogP contribution < -0.4 is 10.1 Å². The van der Waals surface area contributed by atoms with Crippen LogP contribution in [0.4, 0.5) is 5.69 Å². The van der Waals surface area contributed by atoms with Crippen LogP contribution in [-0.4, -0.2) is 13.2 Å². The van der Waals surface area contributed by atoms with E-state index in [1.54, 1.807) is 0 Å². The third-order valence-electron chi connectivity index (χ3n) is 4.68. The molecule has 1 aliphatic heterocycles. The number of benzene rings is 1. The summed E-state index contributed by atoms with van der Waals surface area (Å²) in [7, 11) is 0. The Morgan fingerprint density at radius 2 is 2.05 bits per heavy atom. The maximum absolute atomic E-state index is 6.08. The van der Waals surface area contributed by atoms with Crippen molar-refractivity contribution in [1.82, 2.24) is 0 Å². The number of nitrogens with one attached hydrogen (secondary N) is 1. The van der Waals surface area contributed by atoms with Crippen molar-refractivity contribution in [2.75, 3.05) is 18.5 Å². The largest absolute Gasteiger partial charge is 0.493 e. The van der Waals surface area contributed by atoms with E-state index in [1.807, 2.05) is 0 Å². The molecule has 0 bridgehead atoms. The maximum atomic E-state index is 6.08. The molecule has 3 rings (SSSR count). The number of hydrogen-bond acceptors (Lipinski definition) is 2. The summed E-state index contributed by atoms with van der Waals surface area (Å²) in [6.45, 7) is 9.03. The minimum absolute atomic E-state index is 0.348. The Morgan fingerprint density at radius 1 is 1.21 bits per heavy atom. The van der Waals surface area contributed by atoms with Gasteiger partial charge >= 0.3 is 0 Å². The van der Waals surface area contributed by atoms with Crippen molar-refractivity contribution >= 4 is 5.69 Å². The van der Waals surface area contributed by atoms with Gasteiger partial charge in [-0.1, -0.05) is 20.8 Å². The van der Waals surface area contributed by atoms with Gasteiger partial charge in [-0.25, -0.2) is 0 Å². The Balaban J connectivity index is 1.64. The predicted molar refractivity (Wildman–Crippen MR) is 79.9 cm³/mol. The quantitative estimate of drug-likeness (QED) is 0.876. The highest BCUT2D eigenvalue weighted by molar-refractivity contribution is 5.57. The van der Waals surface area contributed by atoms with Gasteiger partial charge in [0.2, 0.25) is 0 Å². The van der Waals surface area contributed by atoms with Crippen molar-refractivity contribution in [3.05, 3.63) is 23.8 Å². The summed E-state index contributed by atoms with van der Waals surface area (Å²) in [6, 6.07) is 6.46. The van der Waals surface area contributed by atoms with Crippen LogP contribution in [0, 0.1) is 10.8 Å². The highest BCUT2D eigenvalue weighted by Gasteiger charge is 2.40. The molecule has 0 saturated heterocycles. The Morgan fingerprint density at radius 3 is 2.79 bits per heavy atom. The minimum Gasteiger partial charge on any atom is -0.493 e. The molecule has 1 aromatic rings. The van der Waals surface area contributed by atoms with Crippen LogP contribution in [0.5, 0.6) is 5.75 Å². The zero-order valence-corrected chi connectivity index (χ0v) is 12.4. The molecule has 2 nitrogen and oxygen atoms in total. The summed E-state index contributed by atoms with van der Waals surface area (Å²) < 4.78 is 6.08. The number of anilines is 1. The standard InChI is InChI=1S/C17H25NO/c1-16(2)7-8-17(3,11-16)12-19-14-4-5-15-13(10-14)6-9-18-15/h4-5,10,18H,6-9,11-12H2,1-3H3. The van der Waals surface area contributed by atoms with Crippen molar-refractivity contribution in [3.8, 4) is 5.75 Å². The van der Waals surface area contributed by atoms with Gasteiger partial charge < -0.3 is 10.1 Å². The first-order chi connectivity index (χ1) is 8.96. The number of rotatable bonds is 3. The number of ether oxygens (including phenoxy) is 1. The van der Waals surface area contributed by atoms with Gasteiger partial charge in [-0.3, -0.25) is 0 Å². The molecule has 0 aromatic heterocycles. The molecule has 1 N–H and O–H groups in total. The van der Waals surface area contributed by atoms with Gasteiger partial charge in [0, 0.05) is 17.6 Å². The fraction of sp³-hybridized carbons (Fsp3) is 0.647. The Kier molecular flexibility index (Phi) is 2.99. The third-order valence-corrected chi connectivity index (χ3v) is 4.68. The molecule has 104 valence electrons. The van der Waals surface area contributed by atoms with E-state index in [2.05, 4.69) is 44.3 Å². The van der Waals surface area contributed by atoms with E-state index in [1.165, 1.54) is 30.5 Å². The van der Waals surface area contributed by atoms with Crippen LogP contribution in [0.25, 0.3) is 0 Å². The number of hydrogen-bond donors (Lipinski definition) is 1. The fourth-order valence-corrected chi connectivity index (χ4v) is 3.72. The lowest BCUT2D eigenvalue weighted by Gasteiger charge is -2.26. The molecule has 1 heterocycles. The smallest absolute Gasteiger partial charge is 0.119 e. The van der Waals surface area contributed by atoms with Crippen molar-refractivity contribution in [2.24, 2.45) is 10.8 Å². The molecule has 2 heteroatoms. The van der Waals surface area contributed by atoms with Crippen LogP contribution in [-0.2, 0) is 6.42 Å². The highest BCUT2D eigenvalue weighted by atomic mass is 16.5. The van der Waals surface area contributed by atoms with Gasteiger partial charge in [-0.2, -0.15) is 0 Å². The summed E-state index contributed by atoms with van der Waals surface area (Å²) >= 11 is 0. The molecule has 0 spiro atoms. The molecule has 1 saturated carbocycles. The van der Waals surface area contributed by atoms with Crippen molar-refractivity contribution in [3.63, 3.8) is 0 Å². The lowest BCUT2D eigenvalue weighted by molar-refractivity contribution is 0.154. The van der Waals surface area contributed by atoms with E-state index in [9.17, 15) is 0 Å². The summed E-state index contributed by atoms with van der Waals surface area (Å²) in [5.74, 6) is 1.04. The second-order valence-corrected chi connectivity index (χ2v) is 7.44. The first-order valence-corrected chi connectivity index (χ1v) is 7.46. The lowest BCUT2D eigenvalue weighted by atomic mass is 9.84. The Labute approximate surface area is 116 Å². The molecule has 2 aliphatic rings.